The van der Waals surface area contributed by atoms with Crippen LogP contribution in [-0.4, -0.2) is 7.05 Å². The van der Waals surface area contributed by atoms with Crippen molar-refractivity contribution in [2.24, 2.45) is 0 Å². The van der Waals surface area contributed by atoms with Gasteiger partial charge >= 0.3 is 6.18 Å². The monoisotopic (exact) mass is 280 g/mol. The van der Waals surface area contributed by atoms with E-state index in [-0.39, 0.29) is 0 Å². The van der Waals surface area contributed by atoms with E-state index < -0.39 is 11.7 Å². The Hall–Kier alpha value is -2.17. The molecule has 2 aromatic rings. The zero-order valence-electron chi connectivity index (χ0n) is 11.0. The number of hydrogen-bond acceptors (Lipinski definition) is 2. The number of alkyl halides is 3. The third-order valence-electron chi connectivity index (χ3n) is 3.10. The summed E-state index contributed by atoms with van der Waals surface area (Å²) in [4.78, 5) is 1.85. The second-order valence-electron chi connectivity index (χ2n) is 4.60. The molecule has 20 heavy (non-hydrogen) atoms. The summed E-state index contributed by atoms with van der Waals surface area (Å²) in [6.45, 7) is 0.540. The van der Waals surface area contributed by atoms with Gasteiger partial charge in [0.25, 0.3) is 0 Å². The minimum absolute atomic E-state index is 0.540. The van der Waals surface area contributed by atoms with E-state index >= 15 is 0 Å². The van der Waals surface area contributed by atoms with Crippen molar-refractivity contribution < 1.29 is 13.2 Å². The van der Waals surface area contributed by atoms with E-state index in [0.717, 1.165) is 17.7 Å². The van der Waals surface area contributed by atoms with Gasteiger partial charge in [0.2, 0.25) is 0 Å². The highest BCUT2D eigenvalue weighted by atomic mass is 19.4. The number of nitrogens with zero attached hydrogens (tertiary/aromatic N) is 1. The predicted octanol–water partition coefficient (Wildman–Crippen LogP) is 3.92. The van der Waals surface area contributed by atoms with Crippen molar-refractivity contribution in [2.45, 2.75) is 12.7 Å². The van der Waals surface area contributed by atoms with Gasteiger partial charge in [0.1, 0.15) is 0 Å². The van der Waals surface area contributed by atoms with Gasteiger partial charge in [-0.2, -0.15) is 13.2 Å². The minimum atomic E-state index is -4.30. The van der Waals surface area contributed by atoms with Crippen LogP contribution in [0.4, 0.5) is 24.5 Å². The van der Waals surface area contributed by atoms with Crippen molar-refractivity contribution in [3.05, 3.63) is 59.7 Å². The van der Waals surface area contributed by atoms with E-state index in [2.05, 4.69) is 0 Å². The topological polar surface area (TPSA) is 29.3 Å². The number of halogens is 3. The van der Waals surface area contributed by atoms with Crippen molar-refractivity contribution in [1.82, 2.24) is 0 Å². The van der Waals surface area contributed by atoms with Gasteiger partial charge in [-0.3, -0.25) is 0 Å². The molecule has 0 heterocycles. The zero-order chi connectivity index (χ0) is 14.8. The summed E-state index contributed by atoms with van der Waals surface area (Å²) in [6.07, 6.45) is -4.30. The molecule has 2 rings (SSSR count). The zero-order valence-corrected chi connectivity index (χ0v) is 11.0. The van der Waals surface area contributed by atoms with Crippen LogP contribution in [0, 0.1) is 0 Å². The molecule has 2 nitrogen and oxygen atoms in total. The number of hydrogen-bond donors (Lipinski definition) is 1. The van der Waals surface area contributed by atoms with Gasteiger partial charge < -0.3 is 10.6 Å². The second-order valence-corrected chi connectivity index (χ2v) is 4.60. The van der Waals surface area contributed by atoms with Crippen molar-refractivity contribution in [2.75, 3.05) is 17.7 Å². The van der Waals surface area contributed by atoms with Crippen molar-refractivity contribution in [1.29, 1.82) is 0 Å². The molecular weight excluding hydrogens is 265 g/mol. The third-order valence-corrected chi connectivity index (χ3v) is 3.10. The summed E-state index contributed by atoms with van der Waals surface area (Å²) in [5, 5.41) is 0. The molecule has 0 saturated heterocycles. The highest BCUT2D eigenvalue weighted by molar-refractivity contribution is 5.52. The first kappa shape index (κ1) is 14.2. The Balaban J connectivity index is 2.14. The number of nitrogens with two attached hydrogens (primary N) is 1. The number of nitrogen functional groups attached to an aromatic ring is 1. The lowest BCUT2D eigenvalue weighted by Crippen LogP contribution is -2.17. The molecule has 0 aromatic heterocycles. The second kappa shape index (κ2) is 5.45. The Labute approximate surface area is 115 Å². The van der Waals surface area contributed by atoms with Crippen LogP contribution in [0.15, 0.2) is 48.5 Å². The van der Waals surface area contributed by atoms with Gasteiger partial charge in [0, 0.05) is 25.0 Å². The molecular formula is C15H15F3N2. The molecule has 0 saturated carbocycles. The lowest BCUT2D eigenvalue weighted by atomic mass is 10.1. The minimum Gasteiger partial charge on any atom is -0.398 e. The highest BCUT2D eigenvalue weighted by Gasteiger charge is 2.30. The van der Waals surface area contributed by atoms with Crippen LogP contribution in [0.1, 0.15) is 11.1 Å². The SMILES string of the molecule is CN(Cc1ccccc1N)c1ccc(C(F)(F)F)cc1. The maximum atomic E-state index is 12.5. The first-order chi connectivity index (χ1) is 9.38. The van der Waals surface area contributed by atoms with Gasteiger partial charge in [0.15, 0.2) is 0 Å². The van der Waals surface area contributed by atoms with E-state index in [1.54, 1.807) is 6.07 Å². The molecule has 2 N–H and O–H groups in total. The van der Waals surface area contributed by atoms with Gasteiger partial charge in [-0.25, -0.2) is 0 Å². The lowest BCUT2D eigenvalue weighted by molar-refractivity contribution is -0.137. The van der Waals surface area contributed by atoms with Crippen molar-refractivity contribution >= 4 is 11.4 Å². The number of anilines is 2. The first-order valence-electron chi connectivity index (χ1n) is 6.09. The smallest absolute Gasteiger partial charge is 0.398 e. The van der Waals surface area contributed by atoms with Gasteiger partial charge in [0.05, 0.1) is 5.56 Å². The summed E-state index contributed by atoms with van der Waals surface area (Å²) in [6, 6.07) is 12.5. The Kier molecular flexibility index (Phi) is 3.88. The van der Waals surface area contributed by atoms with Gasteiger partial charge in [-0.15, -0.1) is 0 Å². The van der Waals surface area contributed by atoms with Gasteiger partial charge in [-0.1, -0.05) is 18.2 Å². The molecule has 0 spiro atoms. The summed E-state index contributed by atoms with van der Waals surface area (Å²) < 4.78 is 37.5. The van der Waals surface area contributed by atoms with Crippen LogP contribution in [0.5, 0.6) is 0 Å². The number of rotatable bonds is 3. The summed E-state index contributed by atoms with van der Waals surface area (Å²) in [5.41, 5.74) is 7.53. The lowest BCUT2D eigenvalue weighted by Gasteiger charge is -2.21. The van der Waals surface area contributed by atoms with E-state index in [1.165, 1.54) is 12.1 Å². The fourth-order valence-corrected chi connectivity index (χ4v) is 1.93. The average molecular weight is 280 g/mol. The van der Waals surface area contributed by atoms with Crippen LogP contribution in [0.3, 0.4) is 0 Å². The molecule has 0 radical (unpaired) electrons. The summed E-state index contributed by atoms with van der Waals surface area (Å²) in [7, 11) is 1.81. The standard InChI is InChI=1S/C15H15F3N2/c1-20(10-11-4-2-3-5-14(11)19)13-8-6-12(7-9-13)15(16,17)18/h2-9H,10,19H2,1H3. The Morgan fingerprint density at radius 3 is 2.15 bits per heavy atom. The maximum absolute atomic E-state index is 12.5. The fraction of sp³-hybridized carbons (Fsp3) is 0.200. The molecule has 0 amide bonds. The molecule has 0 aliphatic rings. The molecule has 0 aliphatic heterocycles. The van der Waals surface area contributed by atoms with E-state index in [4.69, 9.17) is 5.73 Å². The Bertz CT molecular complexity index is 576. The summed E-state index contributed by atoms with van der Waals surface area (Å²) >= 11 is 0. The molecule has 0 aliphatic carbocycles. The molecule has 2 aromatic carbocycles. The molecule has 106 valence electrons. The number of para-hydroxylation sites is 1. The van der Waals surface area contributed by atoms with Crippen LogP contribution in [0.25, 0.3) is 0 Å². The molecule has 5 heteroatoms. The third kappa shape index (κ3) is 3.23. The average Bonchev–Trinajstić information content (AvgIpc) is 2.40. The fourth-order valence-electron chi connectivity index (χ4n) is 1.93. The first-order valence-corrected chi connectivity index (χ1v) is 6.09. The van der Waals surface area contributed by atoms with Gasteiger partial charge in [-0.05, 0) is 35.9 Å². The molecule has 0 unspecified atom stereocenters. The van der Waals surface area contributed by atoms with Crippen molar-refractivity contribution in [3.8, 4) is 0 Å². The highest BCUT2D eigenvalue weighted by Crippen LogP contribution is 2.30. The Morgan fingerprint density at radius 1 is 1.00 bits per heavy atom. The van der Waals surface area contributed by atoms with Crippen molar-refractivity contribution in [3.63, 3.8) is 0 Å². The largest absolute Gasteiger partial charge is 0.416 e. The van der Waals surface area contributed by atoms with Crippen LogP contribution in [0.2, 0.25) is 0 Å². The van der Waals surface area contributed by atoms with Crippen LogP contribution >= 0.6 is 0 Å². The van der Waals surface area contributed by atoms with Crippen LogP contribution < -0.4 is 10.6 Å². The molecule has 0 fully saturated rings. The molecule has 0 bridgehead atoms. The van der Waals surface area contributed by atoms with E-state index in [0.29, 0.717) is 17.9 Å². The van der Waals surface area contributed by atoms with Crippen LogP contribution in [-0.2, 0) is 12.7 Å². The predicted molar refractivity (Wildman–Crippen MR) is 74.4 cm³/mol. The quantitative estimate of drug-likeness (QED) is 0.863. The summed E-state index contributed by atoms with van der Waals surface area (Å²) in [5.74, 6) is 0. The van der Waals surface area contributed by atoms with E-state index in [1.807, 2.05) is 30.1 Å². The Morgan fingerprint density at radius 2 is 1.60 bits per heavy atom. The normalized spacial score (nSPS) is 11.4. The molecule has 0 atom stereocenters. The maximum Gasteiger partial charge on any atom is 0.416 e. The van der Waals surface area contributed by atoms with E-state index in [9.17, 15) is 13.2 Å². The number of benzene rings is 2.